The molecule has 5 atom stereocenters. The van der Waals surface area contributed by atoms with Crippen LogP contribution in [0.5, 0.6) is 6.01 Å². The molecule has 0 unspecified atom stereocenters. The van der Waals surface area contributed by atoms with Crippen LogP contribution in [0.4, 0.5) is 8.78 Å². The van der Waals surface area contributed by atoms with E-state index in [-0.39, 0.29) is 37.3 Å². The van der Waals surface area contributed by atoms with Crippen molar-refractivity contribution in [2.24, 2.45) is 0 Å². The molecule has 2 aliphatic rings. The molecule has 2 N–H and O–H groups in total. The number of aliphatic hydroxyl groups excluding tert-OH is 1. The lowest BCUT2D eigenvalue weighted by Gasteiger charge is -2.15. The Balaban J connectivity index is 1.36. The maximum Gasteiger partial charge on any atom is 0.296 e. The van der Waals surface area contributed by atoms with Crippen LogP contribution < -0.4 is 4.74 Å². The molecule has 1 aromatic carbocycles. The molecule has 5 rings (SSSR count). The molecule has 0 saturated carbocycles. The fourth-order valence-electron chi connectivity index (χ4n) is 4.19. The summed E-state index contributed by atoms with van der Waals surface area (Å²) in [6, 6.07) is 5.68. The smallest absolute Gasteiger partial charge is 0.296 e. The Labute approximate surface area is 181 Å². The van der Waals surface area contributed by atoms with Gasteiger partial charge in [0.05, 0.1) is 29.4 Å². The van der Waals surface area contributed by atoms with Gasteiger partial charge in [0.15, 0.2) is 11.8 Å². The van der Waals surface area contributed by atoms with Crippen molar-refractivity contribution in [3.63, 3.8) is 0 Å². The summed E-state index contributed by atoms with van der Waals surface area (Å²) in [6.07, 6.45) is -1.62. The van der Waals surface area contributed by atoms with Gasteiger partial charge in [-0.1, -0.05) is 24.6 Å². The van der Waals surface area contributed by atoms with Crippen LogP contribution in [0.1, 0.15) is 24.1 Å². The summed E-state index contributed by atoms with van der Waals surface area (Å²) in [7, 11) is 0. The molecule has 10 heteroatoms. The number of fused-ring (bicyclic) bond motifs is 2. The van der Waals surface area contributed by atoms with Gasteiger partial charge >= 0.3 is 0 Å². The molecular weight excluding hydrogens is 432 g/mol. The minimum Gasteiger partial charge on any atom is -0.456 e. The Kier molecular flexibility index (Phi) is 5.29. The number of H-pyrrole nitrogens is 1. The van der Waals surface area contributed by atoms with Crippen molar-refractivity contribution in [3.05, 3.63) is 52.2 Å². The lowest BCUT2D eigenvalue weighted by atomic mass is 9.95. The van der Waals surface area contributed by atoms with Crippen LogP contribution in [-0.4, -0.2) is 57.7 Å². The van der Waals surface area contributed by atoms with E-state index in [9.17, 15) is 13.9 Å². The second-order valence-corrected chi connectivity index (χ2v) is 8.30. The molecule has 7 nitrogen and oxygen atoms in total. The lowest BCUT2D eigenvalue weighted by molar-refractivity contribution is 0.00706. The van der Waals surface area contributed by atoms with E-state index < -0.39 is 35.9 Å². The number of ether oxygens (including phenoxy) is 3. The van der Waals surface area contributed by atoms with Gasteiger partial charge in [0.25, 0.3) is 6.01 Å². The summed E-state index contributed by atoms with van der Waals surface area (Å²) in [5.74, 6) is -1.68. The molecule has 0 aliphatic carbocycles. The Hall–Kier alpha value is -2.33. The summed E-state index contributed by atoms with van der Waals surface area (Å²) in [5.41, 5.74) is 1.42. The number of aromatic amines is 1. The third-order valence-corrected chi connectivity index (χ3v) is 6.04. The van der Waals surface area contributed by atoms with E-state index in [4.69, 9.17) is 25.8 Å². The van der Waals surface area contributed by atoms with E-state index in [1.54, 1.807) is 13.0 Å². The highest BCUT2D eigenvalue weighted by Crippen LogP contribution is 2.31. The summed E-state index contributed by atoms with van der Waals surface area (Å²) in [6.45, 7) is 2.19. The number of imidazole rings is 1. The van der Waals surface area contributed by atoms with Gasteiger partial charge in [0.2, 0.25) is 0 Å². The predicted octanol–water partition coefficient (Wildman–Crippen LogP) is 3.14. The first kappa shape index (κ1) is 20.6. The molecular formula is C21H20ClF2N3O4. The monoisotopic (exact) mass is 451 g/mol. The number of benzene rings is 1. The van der Waals surface area contributed by atoms with Crippen molar-refractivity contribution in [1.29, 1.82) is 0 Å². The zero-order valence-electron chi connectivity index (χ0n) is 16.5. The number of pyridine rings is 1. The molecule has 2 aliphatic heterocycles. The van der Waals surface area contributed by atoms with Gasteiger partial charge < -0.3 is 24.3 Å². The molecule has 2 fully saturated rings. The minimum absolute atomic E-state index is 0.000975. The zero-order chi connectivity index (χ0) is 21.7. The molecule has 2 saturated heterocycles. The van der Waals surface area contributed by atoms with Gasteiger partial charge in [-0.25, -0.2) is 13.8 Å². The standard InChI is InChI=1S/C21H20ClF2N3O4/c1-9(17-11(23)3-2-4-12(17)24)5-13-10(22)6-14-20(25-13)27-21(26-14)31-16-8-30-18-15(28)7-29-19(16)18/h2-4,6,9,15-16,18-19,28H,5,7-8H2,1H3,(H,25,26,27)/t9-,15+,16+,18+,19+/m0/s1. The summed E-state index contributed by atoms with van der Waals surface area (Å²) < 4.78 is 45.2. The number of aliphatic hydroxyl groups is 1. The highest BCUT2D eigenvalue weighted by atomic mass is 35.5. The van der Waals surface area contributed by atoms with E-state index in [1.165, 1.54) is 18.2 Å². The normalized spacial score (nSPS) is 26.4. The second kappa shape index (κ2) is 7.98. The number of aromatic nitrogens is 3. The van der Waals surface area contributed by atoms with Crippen molar-refractivity contribution >= 4 is 22.8 Å². The Bertz CT molecular complexity index is 1110. The second-order valence-electron chi connectivity index (χ2n) is 7.89. The first-order chi connectivity index (χ1) is 14.9. The van der Waals surface area contributed by atoms with Gasteiger partial charge in [-0.2, -0.15) is 4.98 Å². The molecule has 31 heavy (non-hydrogen) atoms. The first-order valence-electron chi connectivity index (χ1n) is 9.97. The molecule has 3 aromatic rings. The summed E-state index contributed by atoms with van der Waals surface area (Å²) in [5, 5.41) is 10.2. The van der Waals surface area contributed by atoms with E-state index in [1.807, 2.05) is 0 Å². The van der Waals surface area contributed by atoms with Gasteiger partial charge in [-0.15, -0.1) is 0 Å². The van der Waals surface area contributed by atoms with Gasteiger partial charge in [0, 0.05) is 5.56 Å². The third-order valence-electron chi connectivity index (χ3n) is 5.71. The van der Waals surface area contributed by atoms with Gasteiger partial charge in [-0.05, 0) is 30.5 Å². The van der Waals surface area contributed by atoms with Crippen molar-refractivity contribution in [3.8, 4) is 6.01 Å². The van der Waals surface area contributed by atoms with Crippen molar-refractivity contribution in [2.45, 2.75) is 43.7 Å². The molecule has 0 spiro atoms. The number of hydrogen-bond acceptors (Lipinski definition) is 6. The maximum absolute atomic E-state index is 14.1. The molecule has 164 valence electrons. The van der Waals surface area contributed by atoms with E-state index in [2.05, 4.69) is 15.0 Å². The lowest BCUT2D eigenvalue weighted by Crippen LogP contribution is -2.34. The minimum atomic E-state index is -0.668. The highest BCUT2D eigenvalue weighted by Gasteiger charge is 2.48. The largest absolute Gasteiger partial charge is 0.456 e. The van der Waals surface area contributed by atoms with Crippen molar-refractivity contribution in [1.82, 2.24) is 15.0 Å². The topological polar surface area (TPSA) is 89.5 Å². The number of nitrogens with one attached hydrogen (secondary N) is 1. The van der Waals surface area contributed by atoms with Gasteiger partial charge in [-0.3, -0.25) is 0 Å². The van der Waals surface area contributed by atoms with Crippen LogP contribution in [0.25, 0.3) is 11.2 Å². The fraction of sp³-hybridized carbons (Fsp3) is 0.429. The van der Waals surface area contributed by atoms with Crippen LogP contribution in [0.15, 0.2) is 24.3 Å². The van der Waals surface area contributed by atoms with E-state index in [0.717, 1.165) is 0 Å². The van der Waals surface area contributed by atoms with Crippen LogP contribution >= 0.6 is 11.6 Å². The van der Waals surface area contributed by atoms with Crippen LogP contribution in [-0.2, 0) is 15.9 Å². The molecule has 0 amide bonds. The quantitative estimate of drug-likeness (QED) is 0.619. The van der Waals surface area contributed by atoms with Crippen LogP contribution in [0, 0.1) is 11.6 Å². The first-order valence-corrected chi connectivity index (χ1v) is 10.4. The average molecular weight is 452 g/mol. The van der Waals surface area contributed by atoms with E-state index >= 15 is 0 Å². The number of hydrogen-bond donors (Lipinski definition) is 2. The van der Waals surface area contributed by atoms with Crippen LogP contribution in [0.3, 0.4) is 0 Å². The molecule has 0 bridgehead atoms. The number of nitrogens with zero attached hydrogens (tertiary/aromatic N) is 2. The Morgan fingerprint density at radius 1 is 1.23 bits per heavy atom. The summed E-state index contributed by atoms with van der Waals surface area (Å²) >= 11 is 6.38. The number of halogens is 3. The van der Waals surface area contributed by atoms with Gasteiger partial charge in [0.1, 0.15) is 29.9 Å². The summed E-state index contributed by atoms with van der Waals surface area (Å²) in [4.78, 5) is 11.8. The average Bonchev–Trinajstić information content (AvgIpc) is 3.39. The fourth-order valence-corrected chi connectivity index (χ4v) is 4.42. The van der Waals surface area contributed by atoms with Crippen molar-refractivity contribution in [2.75, 3.05) is 13.2 Å². The molecule has 0 radical (unpaired) electrons. The number of rotatable bonds is 5. The predicted molar refractivity (Wildman–Crippen MR) is 107 cm³/mol. The molecule has 2 aromatic heterocycles. The van der Waals surface area contributed by atoms with Crippen molar-refractivity contribution < 1.29 is 28.1 Å². The molecule has 4 heterocycles. The van der Waals surface area contributed by atoms with Crippen LogP contribution in [0.2, 0.25) is 5.02 Å². The Morgan fingerprint density at radius 3 is 2.74 bits per heavy atom. The SMILES string of the molecule is C[C@@H](Cc1nc2nc(O[C@@H]3CO[C@H]4[C@@H]3OC[C@H]4O)[nH]c2cc1Cl)c1c(F)cccc1F. The zero-order valence-corrected chi connectivity index (χ0v) is 17.3. The van der Waals surface area contributed by atoms with E-state index in [0.29, 0.717) is 21.9 Å². The third kappa shape index (κ3) is 3.76. The highest BCUT2D eigenvalue weighted by molar-refractivity contribution is 6.31. The Morgan fingerprint density at radius 2 is 1.97 bits per heavy atom. The maximum atomic E-state index is 14.1.